The number of hydrogen-bond acceptors (Lipinski definition) is 6. The Hall–Kier alpha value is -2.96. The fraction of sp³-hybridized carbons (Fsp3) is 0. The molecule has 0 aliphatic heterocycles. The van der Waals surface area contributed by atoms with Crippen LogP contribution in [0.4, 0.5) is 0 Å². The SMILES string of the molecule is c1ccc2c(c1)sc1nc(-c3ccc4c(c3)sc3nccnc34)ncc12. The predicted octanol–water partition coefficient (Wildman–Crippen LogP) is 5.67. The van der Waals surface area contributed by atoms with Crippen LogP contribution in [-0.4, -0.2) is 19.9 Å². The van der Waals surface area contributed by atoms with Gasteiger partial charge in [0.1, 0.15) is 15.2 Å². The first kappa shape index (κ1) is 14.2. The average molecular weight is 370 g/mol. The minimum absolute atomic E-state index is 0.754. The summed E-state index contributed by atoms with van der Waals surface area (Å²) >= 11 is 3.36. The highest BCUT2D eigenvalue weighted by Gasteiger charge is 2.12. The second-order valence-corrected chi connectivity index (χ2v) is 8.10. The topological polar surface area (TPSA) is 51.6 Å². The molecule has 4 aromatic heterocycles. The number of hydrogen-bond donors (Lipinski definition) is 0. The Morgan fingerprint density at radius 3 is 2.58 bits per heavy atom. The summed E-state index contributed by atoms with van der Waals surface area (Å²) in [6.45, 7) is 0. The van der Waals surface area contributed by atoms with Gasteiger partial charge in [-0.25, -0.2) is 15.0 Å². The Morgan fingerprint density at radius 2 is 1.58 bits per heavy atom. The molecule has 6 heteroatoms. The molecule has 0 radical (unpaired) electrons. The van der Waals surface area contributed by atoms with E-state index in [1.165, 1.54) is 10.1 Å². The predicted molar refractivity (Wildman–Crippen MR) is 109 cm³/mol. The van der Waals surface area contributed by atoms with Crippen molar-refractivity contribution in [2.75, 3.05) is 0 Å². The van der Waals surface area contributed by atoms with Crippen LogP contribution >= 0.6 is 22.7 Å². The summed E-state index contributed by atoms with van der Waals surface area (Å²) < 4.78 is 2.40. The highest BCUT2D eigenvalue weighted by Crippen LogP contribution is 2.35. The van der Waals surface area contributed by atoms with Crippen LogP contribution in [0.3, 0.4) is 0 Å². The van der Waals surface area contributed by atoms with Gasteiger partial charge in [-0.15, -0.1) is 22.7 Å². The molecule has 6 aromatic rings. The molecular weight excluding hydrogens is 360 g/mol. The molecule has 0 saturated heterocycles. The van der Waals surface area contributed by atoms with E-state index in [1.54, 1.807) is 35.1 Å². The quantitative estimate of drug-likeness (QED) is 0.374. The van der Waals surface area contributed by atoms with Crippen LogP contribution in [0.15, 0.2) is 61.1 Å². The van der Waals surface area contributed by atoms with Crippen molar-refractivity contribution in [3.63, 3.8) is 0 Å². The van der Waals surface area contributed by atoms with Gasteiger partial charge >= 0.3 is 0 Å². The van der Waals surface area contributed by atoms with Gasteiger partial charge in [0.2, 0.25) is 0 Å². The number of aromatic nitrogens is 4. The van der Waals surface area contributed by atoms with Gasteiger partial charge < -0.3 is 0 Å². The number of thiophene rings is 2. The molecule has 0 unspecified atom stereocenters. The van der Waals surface area contributed by atoms with Crippen LogP contribution in [0.5, 0.6) is 0 Å². The van der Waals surface area contributed by atoms with Crippen molar-refractivity contribution in [3.8, 4) is 11.4 Å². The Morgan fingerprint density at radius 1 is 0.692 bits per heavy atom. The third-order valence-electron chi connectivity index (χ3n) is 4.50. The molecule has 0 aliphatic rings. The molecule has 0 N–H and O–H groups in total. The zero-order valence-corrected chi connectivity index (χ0v) is 15.0. The molecule has 0 spiro atoms. The van der Waals surface area contributed by atoms with Crippen molar-refractivity contribution in [1.29, 1.82) is 0 Å². The molecule has 4 nitrogen and oxygen atoms in total. The normalized spacial score (nSPS) is 11.8. The summed E-state index contributed by atoms with van der Waals surface area (Å²) in [4.78, 5) is 20.3. The lowest BCUT2D eigenvalue weighted by atomic mass is 10.1. The van der Waals surface area contributed by atoms with Gasteiger partial charge in [-0.2, -0.15) is 0 Å². The molecule has 0 fully saturated rings. The Balaban J connectivity index is 1.57. The van der Waals surface area contributed by atoms with E-state index in [2.05, 4.69) is 57.4 Å². The van der Waals surface area contributed by atoms with Gasteiger partial charge in [0.25, 0.3) is 0 Å². The number of nitrogens with zero attached hydrogens (tertiary/aromatic N) is 4. The molecule has 0 atom stereocenters. The minimum atomic E-state index is 0.754. The summed E-state index contributed by atoms with van der Waals surface area (Å²) in [5.41, 5.74) is 1.98. The zero-order valence-electron chi connectivity index (χ0n) is 13.4. The summed E-state index contributed by atoms with van der Waals surface area (Å²) in [7, 11) is 0. The van der Waals surface area contributed by atoms with Crippen molar-refractivity contribution in [2.45, 2.75) is 0 Å². The van der Waals surface area contributed by atoms with Crippen molar-refractivity contribution in [3.05, 3.63) is 61.1 Å². The highest BCUT2D eigenvalue weighted by molar-refractivity contribution is 7.25. The van der Waals surface area contributed by atoms with E-state index in [9.17, 15) is 0 Å². The van der Waals surface area contributed by atoms with E-state index in [0.717, 1.165) is 42.0 Å². The Bertz CT molecular complexity index is 1340. The van der Waals surface area contributed by atoms with Gasteiger partial charge in [-0.05, 0) is 12.1 Å². The largest absolute Gasteiger partial charge is 0.251 e. The maximum absolute atomic E-state index is 4.82. The van der Waals surface area contributed by atoms with Gasteiger partial charge in [-0.1, -0.05) is 30.3 Å². The van der Waals surface area contributed by atoms with Crippen molar-refractivity contribution in [2.24, 2.45) is 0 Å². The lowest BCUT2D eigenvalue weighted by Crippen LogP contribution is -1.87. The third-order valence-corrected chi connectivity index (χ3v) is 6.63. The first-order valence-corrected chi connectivity index (χ1v) is 9.78. The molecule has 0 bridgehead atoms. The molecule has 26 heavy (non-hydrogen) atoms. The van der Waals surface area contributed by atoms with Crippen LogP contribution < -0.4 is 0 Å². The van der Waals surface area contributed by atoms with E-state index in [-0.39, 0.29) is 0 Å². The molecule has 4 heterocycles. The van der Waals surface area contributed by atoms with Crippen LogP contribution in [0.2, 0.25) is 0 Å². The fourth-order valence-electron chi connectivity index (χ4n) is 3.28. The van der Waals surface area contributed by atoms with Gasteiger partial charge in [-0.3, -0.25) is 4.98 Å². The number of rotatable bonds is 1. The monoisotopic (exact) mass is 370 g/mol. The maximum Gasteiger partial charge on any atom is 0.160 e. The molecule has 0 saturated carbocycles. The standard InChI is InChI=1S/C20H10N4S2/c1-2-4-15-12(3-1)14-10-23-18(24-19(14)25-15)11-5-6-13-16(9-11)26-20-17(13)21-7-8-22-20/h1-10H. The Kier molecular flexibility index (Phi) is 2.88. The van der Waals surface area contributed by atoms with E-state index < -0.39 is 0 Å². The fourth-order valence-corrected chi connectivity index (χ4v) is 5.37. The van der Waals surface area contributed by atoms with Gasteiger partial charge in [0, 0.05) is 49.7 Å². The summed E-state index contributed by atoms with van der Waals surface area (Å²) in [6, 6.07) is 14.7. The number of benzene rings is 2. The lowest BCUT2D eigenvalue weighted by molar-refractivity contribution is 1.24. The smallest absolute Gasteiger partial charge is 0.160 e. The van der Waals surface area contributed by atoms with Crippen LogP contribution in [0.1, 0.15) is 0 Å². The van der Waals surface area contributed by atoms with E-state index in [1.807, 2.05) is 6.20 Å². The van der Waals surface area contributed by atoms with Gasteiger partial charge in [0.15, 0.2) is 5.82 Å². The highest BCUT2D eigenvalue weighted by atomic mass is 32.1. The summed E-state index contributed by atoms with van der Waals surface area (Å²) in [5.74, 6) is 0.754. The van der Waals surface area contributed by atoms with Crippen molar-refractivity contribution in [1.82, 2.24) is 19.9 Å². The first-order chi connectivity index (χ1) is 12.9. The summed E-state index contributed by atoms with van der Waals surface area (Å²) in [6.07, 6.45) is 5.41. The number of fused-ring (bicyclic) bond motifs is 6. The van der Waals surface area contributed by atoms with Crippen LogP contribution in [-0.2, 0) is 0 Å². The van der Waals surface area contributed by atoms with E-state index in [0.29, 0.717) is 0 Å². The third kappa shape index (κ3) is 2.00. The first-order valence-electron chi connectivity index (χ1n) is 8.15. The second kappa shape index (κ2) is 5.27. The zero-order chi connectivity index (χ0) is 17.1. The van der Waals surface area contributed by atoms with Crippen molar-refractivity contribution >= 4 is 63.4 Å². The maximum atomic E-state index is 4.82. The van der Waals surface area contributed by atoms with Gasteiger partial charge in [0.05, 0.1) is 0 Å². The van der Waals surface area contributed by atoms with Crippen LogP contribution in [0, 0.1) is 0 Å². The molecule has 122 valence electrons. The molecule has 2 aromatic carbocycles. The van der Waals surface area contributed by atoms with E-state index in [4.69, 9.17) is 4.98 Å². The Labute approximate surface area is 155 Å². The van der Waals surface area contributed by atoms with Crippen LogP contribution in [0.25, 0.3) is 52.1 Å². The molecular formula is C20H10N4S2. The average Bonchev–Trinajstić information content (AvgIpc) is 3.24. The van der Waals surface area contributed by atoms with Crippen molar-refractivity contribution < 1.29 is 0 Å². The molecule has 0 aliphatic carbocycles. The molecule has 6 rings (SSSR count). The summed E-state index contributed by atoms with van der Waals surface area (Å²) in [5, 5.41) is 3.46. The minimum Gasteiger partial charge on any atom is -0.251 e. The lowest BCUT2D eigenvalue weighted by Gasteiger charge is -2.00. The van der Waals surface area contributed by atoms with E-state index >= 15 is 0 Å². The second-order valence-electron chi connectivity index (χ2n) is 6.03. The molecule has 0 amide bonds.